The van der Waals surface area contributed by atoms with Crippen LogP contribution in [0.25, 0.3) is 11.1 Å². The quantitative estimate of drug-likeness (QED) is 0.179. The number of sulfone groups is 1. The lowest BCUT2D eigenvalue weighted by Crippen LogP contribution is -2.46. The Bertz CT molecular complexity index is 1600. The highest BCUT2D eigenvalue weighted by Gasteiger charge is 2.39. The van der Waals surface area contributed by atoms with Crippen LogP contribution in [0.3, 0.4) is 0 Å². The van der Waals surface area contributed by atoms with Crippen molar-refractivity contribution in [2.24, 2.45) is 0 Å². The van der Waals surface area contributed by atoms with Crippen molar-refractivity contribution in [3.8, 4) is 11.1 Å². The zero-order chi connectivity index (χ0) is 34.5. The molecule has 3 aromatic rings. The van der Waals surface area contributed by atoms with E-state index in [2.05, 4.69) is 33.9 Å². The fourth-order valence-corrected chi connectivity index (χ4v) is 6.86. The molecule has 0 saturated carbocycles. The lowest BCUT2D eigenvalue weighted by Gasteiger charge is -2.40. The fourth-order valence-electron chi connectivity index (χ4n) is 4.51. The van der Waals surface area contributed by atoms with Gasteiger partial charge in [0.15, 0.2) is 18.2 Å². The van der Waals surface area contributed by atoms with Crippen LogP contribution in [0, 0.1) is 11.6 Å². The zero-order valence-corrected chi connectivity index (χ0v) is 30.1. The molecule has 3 rings (SSSR count). The Balaban J connectivity index is 1.96. The lowest BCUT2D eigenvalue weighted by atomic mass is 10.0. The van der Waals surface area contributed by atoms with Crippen LogP contribution < -0.4 is 0 Å². The largest absolute Gasteiger partial charge is 0.444 e. The first-order valence-electron chi connectivity index (χ1n) is 15.2. The molecule has 0 aliphatic heterocycles. The number of ether oxygens (including phenoxy) is 2. The number of benzene rings is 3. The number of methoxy groups -OCH3 is 1. The van der Waals surface area contributed by atoms with Gasteiger partial charge in [-0.1, -0.05) is 57.2 Å². The Morgan fingerprint density at radius 2 is 1.59 bits per heavy atom. The van der Waals surface area contributed by atoms with E-state index in [1.165, 1.54) is 30.3 Å². The Kier molecular flexibility index (Phi) is 12.0. The first kappa shape index (κ1) is 37.3. The van der Waals surface area contributed by atoms with Gasteiger partial charge < -0.3 is 13.9 Å². The molecule has 0 spiro atoms. The van der Waals surface area contributed by atoms with E-state index in [1.807, 2.05) is 6.07 Å². The topological polar surface area (TPSA) is 82.1 Å². The van der Waals surface area contributed by atoms with Crippen LogP contribution in [0.5, 0.6) is 0 Å². The van der Waals surface area contributed by atoms with Crippen LogP contribution in [0.1, 0.15) is 58.7 Å². The summed E-state index contributed by atoms with van der Waals surface area (Å²) in [5.74, 6) is -1.72. The highest BCUT2D eigenvalue weighted by Crippen LogP contribution is 2.38. The van der Waals surface area contributed by atoms with Gasteiger partial charge in [0, 0.05) is 25.3 Å². The number of amides is 1. The van der Waals surface area contributed by atoms with E-state index >= 15 is 0 Å². The summed E-state index contributed by atoms with van der Waals surface area (Å²) in [5, 5.41) is -0.0746. The van der Waals surface area contributed by atoms with Crippen LogP contribution in [0.2, 0.25) is 18.1 Å². The number of hydrogen-bond donors (Lipinski definition) is 0. The van der Waals surface area contributed by atoms with Crippen LogP contribution in [0.4, 0.5) is 13.6 Å². The standard InChI is InChI=1S/C35H47F2NO6SSi/c1-34(2,3)44-33(39)38(19-20-42-7)32(23-43-46(8,9)35(4,5)6)27-12-10-11-25(21-27)24-45(40,41)29-16-13-26(14-17-29)30-18-15-28(36)22-31(30)37/h10-18,21-22,32H,19-20,23-24H2,1-9H3. The predicted molar refractivity (Wildman–Crippen MR) is 180 cm³/mol. The SMILES string of the molecule is COCCN(C(=O)OC(C)(C)C)C(CO[Si](C)(C)C(C)(C)C)c1cccc(CS(=O)(=O)c2ccc(-c3ccc(F)cc3F)cc2)c1. The van der Waals surface area contributed by atoms with Crippen LogP contribution in [-0.4, -0.2) is 60.2 Å². The van der Waals surface area contributed by atoms with Gasteiger partial charge in [-0.2, -0.15) is 0 Å². The smallest absolute Gasteiger partial charge is 0.410 e. The third-order valence-corrected chi connectivity index (χ3v) is 14.3. The second kappa shape index (κ2) is 14.7. The lowest BCUT2D eigenvalue weighted by molar-refractivity contribution is 0.00359. The number of nitrogens with zero attached hydrogens (tertiary/aromatic N) is 1. The molecule has 1 atom stereocenters. The molecule has 46 heavy (non-hydrogen) atoms. The summed E-state index contributed by atoms with van der Waals surface area (Å²) >= 11 is 0. The number of hydrogen-bond acceptors (Lipinski definition) is 6. The van der Waals surface area contributed by atoms with Gasteiger partial charge >= 0.3 is 6.09 Å². The Morgan fingerprint density at radius 1 is 0.935 bits per heavy atom. The van der Waals surface area contributed by atoms with Crippen molar-refractivity contribution in [3.05, 3.63) is 89.5 Å². The summed E-state index contributed by atoms with van der Waals surface area (Å²) in [6.45, 7) is 16.8. The maximum Gasteiger partial charge on any atom is 0.410 e. The molecule has 0 radical (unpaired) electrons. The highest BCUT2D eigenvalue weighted by molar-refractivity contribution is 7.90. The summed E-state index contributed by atoms with van der Waals surface area (Å²) in [6, 6.07) is 15.7. The van der Waals surface area contributed by atoms with Gasteiger partial charge in [-0.05, 0) is 79.9 Å². The predicted octanol–water partition coefficient (Wildman–Crippen LogP) is 8.55. The van der Waals surface area contributed by atoms with Crippen molar-refractivity contribution in [2.45, 2.75) is 82.0 Å². The molecule has 0 N–H and O–H groups in total. The fraction of sp³-hybridized carbons (Fsp3) is 0.457. The van der Waals surface area contributed by atoms with Gasteiger partial charge in [0.25, 0.3) is 0 Å². The minimum Gasteiger partial charge on any atom is -0.444 e. The van der Waals surface area contributed by atoms with Crippen molar-refractivity contribution < 1.29 is 35.9 Å². The maximum atomic E-state index is 14.3. The Labute approximate surface area is 273 Å². The third-order valence-electron chi connectivity index (χ3n) is 8.10. The molecule has 0 heterocycles. The summed E-state index contributed by atoms with van der Waals surface area (Å²) in [7, 11) is -4.49. The highest BCUT2D eigenvalue weighted by atomic mass is 32.2. The molecule has 0 aliphatic carbocycles. The van der Waals surface area contributed by atoms with Gasteiger partial charge in [-0.25, -0.2) is 22.0 Å². The molecular formula is C35H47F2NO6SSi. The minimum atomic E-state index is -3.80. The third kappa shape index (κ3) is 9.94. The number of carbonyl (C=O) groups is 1. The zero-order valence-electron chi connectivity index (χ0n) is 28.3. The van der Waals surface area contributed by atoms with E-state index < -0.39 is 47.5 Å². The van der Waals surface area contributed by atoms with Gasteiger partial charge in [0.2, 0.25) is 0 Å². The average Bonchev–Trinajstić information content (AvgIpc) is 2.93. The number of carbonyl (C=O) groups excluding carboxylic acids is 1. The molecule has 0 fully saturated rings. The van der Waals surface area contributed by atoms with Crippen LogP contribution in [0.15, 0.2) is 71.6 Å². The van der Waals surface area contributed by atoms with Crippen LogP contribution >= 0.6 is 0 Å². The first-order chi connectivity index (χ1) is 21.2. The van der Waals surface area contributed by atoms with Crippen molar-refractivity contribution in [3.63, 3.8) is 0 Å². The van der Waals surface area contributed by atoms with Crippen molar-refractivity contribution in [2.75, 3.05) is 26.9 Å². The van der Waals surface area contributed by atoms with Crippen molar-refractivity contribution in [1.29, 1.82) is 0 Å². The minimum absolute atomic E-state index is 0.0671. The van der Waals surface area contributed by atoms with Gasteiger partial charge in [-0.3, -0.25) is 4.90 Å². The van der Waals surface area contributed by atoms with E-state index in [4.69, 9.17) is 13.9 Å². The molecule has 0 aromatic heterocycles. The van der Waals surface area contributed by atoms with Crippen molar-refractivity contribution >= 4 is 24.2 Å². The summed E-state index contributed by atoms with van der Waals surface area (Å²) in [6.07, 6.45) is -0.524. The van der Waals surface area contributed by atoms with Gasteiger partial charge in [0.1, 0.15) is 17.2 Å². The second-order valence-electron chi connectivity index (χ2n) is 13.9. The molecule has 0 saturated heterocycles. The van der Waals surface area contributed by atoms with E-state index in [1.54, 1.807) is 51.0 Å². The number of rotatable bonds is 12. The maximum absolute atomic E-state index is 14.3. The average molecular weight is 676 g/mol. The summed E-state index contributed by atoms with van der Waals surface area (Å²) in [5.41, 5.74) is 1.10. The molecule has 1 unspecified atom stereocenters. The molecule has 0 bridgehead atoms. The van der Waals surface area contributed by atoms with E-state index in [0.29, 0.717) is 16.7 Å². The van der Waals surface area contributed by atoms with Gasteiger partial charge in [0.05, 0.1) is 29.9 Å². The molecule has 7 nitrogen and oxygen atoms in total. The number of halogens is 2. The Morgan fingerprint density at radius 3 is 2.15 bits per heavy atom. The Hall–Kier alpha value is -3.12. The normalized spacial score (nSPS) is 13.4. The molecule has 1 amide bonds. The van der Waals surface area contributed by atoms with E-state index in [0.717, 1.165) is 12.1 Å². The van der Waals surface area contributed by atoms with Gasteiger partial charge in [-0.15, -0.1) is 0 Å². The first-order valence-corrected chi connectivity index (χ1v) is 19.8. The van der Waals surface area contributed by atoms with Crippen LogP contribution in [-0.2, 0) is 29.5 Å². The molecular weight excluding hydrogens is 629 g/mol. The summed E-state index contributed by atoms with van der Waals surface area (Å²) < 4.78 is 72.4. The molecule has 3 aromatic carbocycles. The second-order valence-corrected chi connectivity index (χ2v) is 20.7. The summed E-state index contributed by atoms with van der Waals surface area (Å²) in [4.78, 5) is 15.2. The van der Waals surface area contributed by atoms with E-state index in [-0.39, 0.29) is 41.0 Å². The monoisotopic (exact) mass is 675 g/mol. The molecule has 252 valence electrons. The molecule has 0 aliphatic rings. The van der Waals surface area contributed by atoms with Crippen molar-refractivity contribution in [1.82, 2.24) is 4.90 Å². The molecule has 11 heteroatoms. The van der Waals surface area contributed by atoms with E-state index in [9.17, 15) is 22.0 Å².